The van der Waals surface area contributed by atoms with Crippen molar-refractivity contribution >= 4 is 29.9 Å². The third-order valence-electron chi connectivity index (χ3n) is 3.57. The fourth-order valence-corrected chi connectivity index (χ4v) is 2.07. The third kappa shape index (κ3) is 7.68. The molecule has 0 spiro atoms. The number of nitrogens with two attached hydrogens (primary N) is 1. The second-order valence-electron chi connectivity index (χ2n) is 5.95. The smallest absolute Gasteiger partial charge is 0.189 e. The predicted molar refractivity (Wildman–Crippen MR) is 100.0 cm³/mol. The number of aromatic nitrogens is 2. The van der Waals surface area contributed by atoms with Crippen molar-refractivity contribution < 1.29 is 0 Å². The van der Waals surface area contributed by atoms with Crippen LogP contribution in [0.1, 0.15) is 51.3 Å². The van der Waals surface area contributed by atoms with E-state index in [1.54, 1.807) is 0 Å². The van der Waals surface area contributed by atoms with E-state index in [0.717, 1.165) is 23.6 Å². The second-order valence-corrected chi connectivity index (χ2v) is 5.95. The van der Waals surface area contributed by atoms with Crippen molar-refractivity contribution in [2.45, 2.75) is 59.5 Å². The third-order valence-corrected chi connectivity index (χ3v) is 3.57. The highest BCUT2D eigenvalue weighted by Gasteiger charge is 2.05. The van der Waals surface area contributed by atoms with Gasteiger partial charge in [0, 0.05) is 24.3 Å². The van der Waals surface area contributed by atoms with Crippen molar-refractivity contribution in [3.63, 3.8) is 0 Å². The molecule has 0 aliphatic rings. The highest BCUT2D eigenvalue weighted by atomic mass is 127. The van der Waals surface area contributed by atoms with E-state index in [4.69, 9.17) is 5.73 Å². The number of guanidine groups is 1. The molecule has 1 heterocycles. The van der Waals surface area contributed by atoms with Crippen LogP contribution < -0.4 is 11.1 Å². The summed E-state index contributed by atoms with van der Waals surface area (Å²) in [5, 5.41) is 7.45. The summed E-state index contributed by atoms with van der Waals surface area (Å²) in [5.41, 5.74) is 8.17. The zero-order chi connectivity index (χ0) is 15.1. The number of hydrogen-bond acceptors (Lipinski definition) is 2. The van der Waals surface area contributed by atoms with E-state index >= 15 is 0 Å². The van der Waals surface area contributed by atoms with E-state index in [9.17, 15) is 0 Å². The van der Waals surface area contributed by atoms with Gasteiger partial charge < -0.3 is 11.1 Å². The van der Waals surface area contributed by atoms with Crippen LogP contribution in [0.2, 0.25) is 0 Å². The minimum Gasteiger partial charge on any atom is -0.370 e. The monoisotopic (exact) mass is 407 g/mol. The molecular formula is C15H30IN5. The Kier molecular flexibility index (Phi) is 9.65. The molecule has 0 saturated carbocycles. The molecule has 122 valence electrons. The van der Waals surface area contributed by atoms with E-state index in [1.807, 2.05) is 24.9 Å². The Morgan fingerprint density at radius 3 is 2.57 bits per heavy atom. The number of aliphatic imine (C=N–C) groups is 1. The van der Waals surface area contributed by atoms with Crippen LogP contribution in [0.5, 0.6) is 0 Å². The first kappa shape index (κ1) is 20.2. The minimum absolute atomic E-state index is 0. The Hall–Kier alpha value is -0.790. The SMILES string of the molecule is Cc1c(CN=C(N)NC(C)CCCC(C)C)cnn1C.I. The lowest BCUT2D eigenvalue weighted by Crippen LogP contribution is -2.38. The summed E-state index contributed by atoms with van der Waals surface area (Å²) in [5.74, 6) is 1.28. The molecule has 3 N–H and O–H groups in total. The zero-order valence-corrected chi connectivity index (χ0v) is 16.2. The number of nitrogens with zero attached hydrogens (tertiary/aromatic N) is 3. The molecule has 0 amide bonds. The summed E-state index contributed by atoms with van der Waals surface area (Å²) in [6.45, 7) is 9.28. The Labute approximate surface area is 145 Å². The van der Waals surface area contributed by atoms with Gasteiger partial charge >= 0.3 is 0 Å². The topological polar surface area (TPSA) is 68.2 Å². The van der Waals surface area contributed by atoms with E-state index in [0.29, 0.717) is 18.5 Å². The first-order valence-electron chi connectivity index (χ1n) is 7.44. The number of aryl methyl sites for hydroxylation is 1. The van der Waals surface area contributed by atoms with Crippen molar-refractivity contribution in [2.75, 3.05) is 0 Å². The maximum Gasteiger partial charge on any atom is 0.189 e. The Balaban J connectivity index is 0.00000400. The quantitative estimate of drug-likeness (QED) is 0.415. The number of nitrogens with one attached hydrogen (secondary N) is 1. The average Bonchev–Trinajstić information content (AvgIpc) is 2.67. The lowest BCUT2D eigenvalue weighted by molar-refractivity contribution is 0.493. The molecular weight excluding hydrogens is 377 g/mol. The molecule has 6 heteroatoms. The Morgan fingerprint density at radius 1 is 1.38 bits per heavy atom. The van der Waals surface area contributed by atoms with Crippen molar-refractivity contribution in [2.24, 2.45) is 23.7 Å². The molecule has 1 aromatic heterocycles. The van der Waals surface area contributed by atoms with Crippen LogP contribution in [0.4, 0.5) is 0 Å². The fourth-order valence-electron chi connectivity index (χ4n) is 2.07. The molecule has 1 rings (SSSR count). The Morgan fingerprint density at radius 2 is 2.05 bits per heavy atom. The zero-order valence-electron chi connectivity index (χ0n) is 13.9. The maximum atomic E-state index is 5.92. The fraction of sp³-hybridized carbons (Fsp3) is 0.733. The molecule has 5 nitrogen and oxygen atoms in total. The van der Waals surface area contributed by atoms with E-state index < -0.39 is 0 Å². The molecule has 1 aromatic rings. The van der Waals surface area contributed by atoms with E-state index in [1.165, 1.54) is 12.8 Å². The van der Waals surface area contributed by atoms with Crippen LogP contribution in [0.3, 0.4) is 0 Å². The van der Waals surface area contributed by atoms with Gasteiger partial charge in [0.1, 0.15) is 0 Å². The number of halogens is 1. The molecule has 0 aliphatic carbocycles. The van der Waals surface area contributed by atoms with Gasteiger partial charge in [0.25, 0.3) is 0 Å². The van der Waals surface area contributed by atoms with Gasteiger partial charge in [0.2, 0.25) is 0 Å². The molecule has 0 saturated heterocycles. The van der Waals surface area contributed by atoms with Crippen molar-refractivity contribution in [3.05, 3.63) is 17.5 Å². The van der Waals surface area contributed by atoms with Crippen LogP contribution in [-0.2, 0) is 13.6 Å². The van der Waals surface area contributed by atoms with Gasteiger partial charge in [-0.2, -0.15) is 5.10 Å². The molecule has 1 atom stereocenters. The van der Waals surface area contributed by atoms with E-state index in [2.05, 4.69) is 36.2 Å². The molecule has 1 unspecified atom stereocenters. The summed E-state index contributed by atoms with van der Waals surface area (Å²) >= 11 is 0. The van der Waals surface area contributed by atoms with Gasteiger partial charge in [-0.25, -0.2) is 4.99 Å². The molecule has 0 aliphatic heterocycles. The maximum absolute atomic E-state index is 5.92. The predicted octanol–water partition coefficient (Wildman–Crippen LogP) is 2.97. The second kappa shape index (κ2) is 10.0. The number of rotatable bonds is 7. The minimum atomic E-state index is 0. The van der Waals surface area contributed by atoms with Gasteiger partial charge in [0.15, 0.2) is 5.96 Å². The van der Waals surface area contributed by atoms with Crippen LogP contribution in [0.25, 0.3) is 0 Å². The normalized spacial score (nSPS) is 13.1. The summed E-state index contributed by atoms with van der Waals surface area (Å²) in [6.07, 6.45) is 5.46. The van der Waals surface area contributed by atoms with Crippen LogP contribution >= 0.6 is 24.0 Å². The molecule has 0 fully saturated rings. The molecule has 21 heavy (non-hydrogen) atoms. The van der Waals surface area contributed by atoms with Crippen molar-refractivity contribution in [1.29, 1.82) is 0 Å². The molecule has 0 aromatic carbocycles. The number of hydrogen-bond donors (Lipinski definition) is 2. The van der Waals surface area contributed by atoms with Crippen LogP contribution in [0, 0.1) is 12.8 Å². The summed E-state index contributed by atoms with van der Waals surface area (Å²) in [7, 11) is 1.93. The van der Waals surface area contributed by atoms with Gasteiger partial charge in [-0.15, -0.1) is 24.0 Å². The van der Waals surface area contributed by atoms with Gasteiger partial charge in [-0.1, -0.05) is 26.7 Å². The lowest BCUT2D eigenvalue weighted by atomic mass is 10.0. The largest absolute Gasteiger partial charge is 0.370 e. The molecule has 0 bridgehead atoms. The van der Waals surface area contributed by atoms with Crippen molar-refractivity contribution in [3.8, 4) is 0 Å². The molecule has 0 radical (unpaired) electrons. The van der Waals surface area contributed by atoms with Gasteiger partial charge in [0.05, 0.1) is 12.7 Å². The van der Waals surface area contributed by atoms with Gasteiger partial charge in [-0.05, 0) is 26.2 Å². The highest BCUT2D eigenvalue weighted by molar-refractivity contribution is 14.0. The lowest BCUT2D eigenvalue weighted by Gasteiger charge is -2.15. The summed E-state index contributed by atoms with van der Waals surface area (Å²) in [4.78, 5) is 4.38. The van der Waals surface area contributed by atoms with Crippen molar-refractivity contribution in [1.82, 2.24) is 15.1 Å². The Bertz CT molecular complexity index is 439. The standard InChI is InChI=1S/C15H29N5.HI/c1-11(2)7-6-8-12(3)19-15(16)17-9-14-10-18-20(5)13(14)4;/h10-12H,6-9H2,1-5H3,(H3,16,17,19);1H. The van der Waals surface area contributed by atoms with Crippen LogP contribution in [-0.4, -0.2) is 21.8 Å². The summed E-state index contributed by atoms with van der Waals surface area (Å²) < 4.78 is 1.85. The summed E-state index contributed by atoms with van der Waals surface area (Å²) in [6, 6.07) is 0.368. The van der Waals surface area contributed by atoms with E-state index in [-0.39, 0.29) is 24.0 Å². The van der Waals surface area contributed by atoms with Gasteiger partial charge in [-0.3, -0.25) is 4.68 Å². The first-order valence-corrected chi connectivity index (χ1v) is 7.44. The first-order chi connectivity index (χ1) is 9.40. The average molecular weight is 407 g/mol. The van der Waals surface area contributed by atoms with Crippen LogP contribution in [0.15, 0.2) is 11.2 Å². The highest BCUT2D eigenvalue weighted by Crippen LogP contribution is 2.08.